The monoisotopic (exact) mass is 389 g/mol. The first-order chi connectivity index (χ1) is 12.6. The highest BCUT2D eigenvalue weighted by molar-refractivity contribution is 7.89. The number of carbonyl (C=O) groups is 1. The van der Waals surface area contributed by atoms with Crippen LogP contribution in [0, 0.1) is 0 Å². The van der Waals surface area contributed by atoms with E-state index in [0.717, 1.165) is 11.7 Å². The summed E-state index contributed by atoms with van der Waals surface area (Å²) in [4.78, 5) is 18.2. The number of carbonyl (C=O) groups excluding carboxylic acids is 1. The highest BCUT2D eigenvalue weighted by atomic mass is 32.2. The van der Waals surface area contributed by atoms with Crippen molar-refractivity contribution in [3.63, 3.8) is 0 Å². The van der Waals surface area contributed by atoms with Crippen LogP contribution in [0.25, 0.3) is 11.0 Å². The molecule has 0 unspecified atom stereocenters. The topological polar surface area (TPSA) is 96.4 Å². The van der Waals surface area contributed by atoms with Crippen molar-refractivity contribution < 1.29 is 13.2 Å². The van der Waals surface area contributed by atoms with Crippen molar-refractivity contribution in [2.45, 2.75) is 4.90 Å². The maximum absolute atomic E-state index is 13.0. The lowest BCUT2D eigenvalue weighted by Gasteiger charge is -2.34. The number of aromatic nitrogens is 3. The Kier molecular flexibility index (Phi) is 4.39. The Morgan fingerprint density at radius 2 is 1.73 bits per heavy atom. The molecule has 0 aliphatic carbocycles. The molecule has 1 aliphatic rings. The van der Waals surface area contributed by atoms with Gasteiger partial charge in [-0.15, -0.1) is 0 Å². The van der Waals surface area contributed by atoms with Gasteiger partial charge in [-0.05, 0) is 24.3 Å². The Hall–Kier alpha value is -2.43. The third kappa shape index (κ3) is 2.96. The summed E-state index contributed by atoms with van der Waals surface area (Å²) in [5.74, 6) is -0.116. The molecule has 0 spiro atoms. The summed E-state index contributed by atoms with van der Waals surface area (Å²) >= 11 is 0.991. The van der Waals surface area contributed by atoms with Gasteiger partial charge in [-0.25, -0.2) is 8.42 Å². The minimum absolute atomic E-state index is 0.116. The zero-order chi connectivity index (χ0) is 18.1. The number of fused-ring (bicyclic) bond motifs is 1. The molecule has 0 saturated carbocycles. The van der Waals surface area contributed by atoms with E-state index in [1.807, 2.05) is 0 Å². The molecule has 10 heteroatoms. The third-order valence-corrected chi connectivity index (χ3v) is 6.79. The first-order valence-electron chi connectivity index (χ1n) is 7.98. The molecule has 1 saturated heterocycles. The number of piperazine rings is 1. The average molecular weight is 389 g/mol. The minimum Gasteiger partial charge on any atom is -0.336 e. The Morgan fingerprint density at radius 1 is 1.00 bits per heavy atom. The Labute approximate surface area is 154 Å². The van der Waals surface area contributed by atoms with Crippen molar-refractivity contribution in [3.05, 3.63) is 48.3 Å². The van der Waals surface area contributed by atoms with E-state index in [9.17, 15) is 13.2 Å². The summed E-state index contributed by atoms with van der Waals surface area (Å²) in [7, 11) is -3.68. The van der Waals surface area contributed by atoms with E-state index in [4.69, 9.17) is 0 Å². The Bertz CT molecular complexity index is 1040. The highest BCUT2D eigenvalue weighted by Crippen LogP contribution is 2.25. The molecule has 1 aromatic carbocycles. The van der Waals surface area contributed by atoms with Crippen LogP contribution in [0.4, 0.5) is 0 Å². The summed E-state index contributed by atoms with van der Waals surface area (Å²) in [6.45, 7) is 1.16. The maximum Gasteiger partial charge on any atom is 0.254 e. The predicted molar refractivity (Wildman–Crippen MR) is 96.3 cm³/mol. The van der Waals surface area contributed by atoms with E-state index in [1.54, 1.807) is 47.6 Å². The molecule has 3 aromatic rings. The summed E-state index contributed by atoms with van der Waals surface area (Å²) in [6, 6.07) is 8.26. The van der Waals surface area contributed by atoms with Crippen LogP contribution in [0.2, 0.25) is 0 Å². The Balaban J connectivity index is 1.52. The van der Waals surface area contributed by atoms with Gasteiger partial charge >= 0.3 is 0 Å². The molecule has 0 atom stereocenters. The fraction of sp³-hybridized carbons (Fsp3) is 0.250. The molecule has 0 radical (unpaired) electrons. The number of amides is 1. The van der Waals surface area contributed by atoms with Crippen LogP contribution in [0.15, 0.2) is 47.6 Å². The Morgan fingerprint density at radius 3 is 2.46 bits per heavy atom. The molecular formula is C16H15N5O3S2. The molecule has 3 heterocycles. The molecule has 134 valence electrons. The van der Waals surface area contributed by atoms with E-state index in [1.165, 1.54) is 4.31 Å². The molecule has 1 amide bonds. The van der Waals surface area contributed by atoms with Crippen molar-refractivity contribution in [1.29, 1.82) is 0 Å². The number of rotatable bonds is 3. The first-order valence-corrected chi connectivity index (χ1v) is 10.1. The molecule has 2 aromatic heterocycles. The van der Waals surface area contributed by atoms with Gasteiger partial charge in [0.25, 0.3) is 5.91 Å². The predicted octanol–water partition coefficient (Wildman–Crippen LogP) is 1.23. The quantitative estimate of drug-likeness (QED) is 0.669. The molecule has 26 heavy (non-hydrogen) atoms. The number of sulfonamides is 1. The van der Waals surface area contributed by atoms with E-state index in [2.05, 4.69) is 13.7 Å². The summed E-state index contributed by atoms with van der Waals surface area (Å²) in [6.07, 6.45) is 3.13. The van der Waals surface area contributed by atoms with Gasteiger partial charge in [-0.2, -0.15) is 13.1 Å². The van der Waals surface area contributed by atoms with Crippen LogP contribution in [-0.4, -0.2) is 63.4 Å². The van der Waals surface area contributed by atoms with Crippen molar-refractivity contribution in [3.8, 4) is 0 Å². The molecular weight excluding hydrogens is 374 g/mol. The standard InChI is InChI=1S/C16H15N5O3S2/c22-16(12-4-6-17-7-5-12)20-8-10-21(11-9-20)26(23,24)14-3-1-2-13-15(14)19-25-18-13/h1-7H,8-11H2. The lowest BCUT2D eigenvalue weighted by atomic mass is 10.2. The SMILES string of the molecule is O=C(c1ccncc1)N1CCN(S(=O)(=O)c2cccc3nsnc23)CC1. The fourth-order valence-corrected chi connectivity index (χ4v) is 5.11. The molecule has 0 bridgehead atoms. The van der Waals surface area contributed by atoms with Gasteiger partial charge < -0.3 is 4.90 Å². The maximum atomic E-state index is 13.0. The van der Waals surface area contributed by atoms with Crippen LogP contribution < -0.4 is 0 Å². The van der Waals surface area contributed by atoms with Gasteiger partial charge in [0.2, 0.25) is 10.0 Å². The lowest BCUT2D eigenvalue weighted by Crippen LogP contribution is -2.50. The zero-order valence-corrected chi connectivity index (χ0v) is 15.3. The first kappa shape index (κ1) is 17.0. The van der Waals surface area contributed by atoms with Crippen LogP contribution in [0.5, 0.6) is 0 Å². The van der Waals surface area contributed by atoms with Gasteiger partial charge in [0.05, 0.1) is 11.7 Å². The van der Waals surface area contributed by atoms with Gasteiger partial charge in [-0.1, -0.05) is 6.07 Å². The molecule has 8 nitrogen and oxygen atoms in total. The second-order valence-electron chi connectivity index (χ2n) is 5.82. The number of pyridine rings is 1. The van der Waals surface area contributed by atoms with E-state index in [0.29, 0.717) is 29.7 Å². The summed E-state index contributed by atoms with van der Waals surface area (Å²) in [5, 5.41) is 0. The summed E-state index contributed by atoms with van der Waals surface area (Å²) in [5.41, 5.74) is 1.52. The molecule has 1 fully saturated rings. The van der Waals surface area contributed by atoms with Crippen LogP contribution in [0.3, 0.4) is 0 Å². The molecule has 1 aliphatic heterocycles. The van der Waals surface area contributed by atoms with E-state index < -0.39 is 10.0 Å². The number of nitrogens with zero attached hydrogens (tertiary/aromatic N) is 5. The fourth-order valence-electron chi connectivity index (χ4n) is 2.94. The van der Waals surface area contributed by atoms with Crippen LogP contribution in [-0.2, 0) is 10.0 Å². The largest absolute Gasteiger partial charge is 0.336 e. The summed E-state index contributed by atoms with van der Waals surface area (Å²) < 4.78 is 35.6. The smallest absolute Gasteiger partial charge is 0.254 e. The van der Waals surface area contributed by atoms with E-state index >= 15 is 0 Å². The molecule has 0 N–H and O–H groups in total. The van der Waals surface area contributed by atoms with Crippen molar-refractivity contribution in [2.24, 2.45) is 0 Å². The average Bonchev–Trinajstić information content (AvgIpc) is 3.17. The second-order valence-corrected chi connectivity index (χ2v) is 8.26. The lowest BCUT2D eigenvalue weighted by molar-refractivity contribution is 0.0698. The number of hydrogen-bond acceptors (Lipinski definition) is 7. The van der Waals surface area contributed by atoms with E-state index in [-0.39, 0.29) is 23.9 Å². The minimum atomic E-state index is -3.68. The van der Waals surface area contributed by atoms with Gasteiger partial charge in [0.1, 0.15) is 15.9 Å². The number of benzene rings is 1. The van der Waals surface area contributed by atoms with Crippen molar-refractivity contribution in [1.82, 2.24) is 22.9 Å². The van der Waals surface area contributed by atoms with Gasteiger partial charge in [0, 0.05) is 44.1 Å². The molecule has 4 rings (SSSR count). The second kappa shape index (κ2) is 6.71. The third-order valence-electron chi connectivity index (χ3n) is 4.32. The van der Waals surface area contributed by atoms with Gasteiger partial charge in [-0.3, -0.25) is 9.78 Å². The zero-order valence-electron chi connectivity index (χ0n) is 13.6. The highest BCUT2D eigenvalue weighted by Gasteiger charge is 2.32. The van der Waals surface area contributed by atoms with Crippen LogP contribution >= 0.6 is 11.7 Å². The van der Waals surface area contributed by atoms with Crippen LogP contribution in [0.1, 0.15) is 10.4 Å². The number of hydrogen-bond donors (Lipinski definition) is 0. The van der Waals surface area contributed by atoms with Crippen molar-refractivity contribution >= 4 is 38.7 Å². The van der Waals surface area contributed by atoms with Crippen molar-refractivity contribution in [2.75, 3.05) is 26.2 Å². The van der Waals surface area contributed by atoms with Gasteiger partial charge in [0.15, 0.2) is 0 Å². The normalized spacial score (nSPS) is 16.1.